The number of hydrogen-bond acceptors (Lipinski definition) is 7. The van der Waals surface area contributed by atoms with E-state index in [-0.39, 0.29) is 24.9 Å². The average molecular weight is 349 g/mol. The summed E-state index contributed by atoms with van der Waals surface area (Å²) in [5, 5.41) is 3.25. The number of nitrogens with one attached hydrogen (secondary N) is 1. The van der Waals surface area contributed by atoms with Crippen LogP contribution in [0.1, 0.15) is 24.8 Å². The van der Waals surface area contributed by atoms with E-state index in [0.717, 1.165) is 11.3 Å². The van der Waals surface area contributed by atoms with Crippen molar-refractivity contribution in [2.45, 2.75) is 19.3 Å². The van der Waals surface area contributed by atoms with Crippen LogP contribution in [0.25, 0.3) is 0 Å². The van der Waals surface area contributed by atoms with Crippen LogP contribution in [0.5, 0.6) is 0 Å². The lowest BCUT2D eigenvalue weighted by Gasteiger charge is -2.36. The standard InChI is InChI=1S/C18H23NO6/c1-4-25-14(20)9-11-10-19-13-8-6-5-7-12(13)15(11)16(17(21)23-2)18(22)24-3/h5-8,11,15-16,19H,4,9-10H2,1-3H3. The van der Waals surface area contributed by atoms with Gasteiger partial charge in [-0.1, -0.05) is 18.2 Å². The quantitative estimate of drug-likeness (QED) is 0.475. The molecule has 0 aromatic heterocycles. The lowest BCUT2D eigenvalue weighted by Crippen LogP contribution is -2.41. The Morgan fingerprint density at radius 1 is 1.16 bits per heavy atom. The van der Waals surface area contributed by atoms with Crippen LogP contribution in [-0.2, 0) is 28.6 Å². The van der Waals surface area contributed by atoms with Gasteiger partial charge < -0.3 is 19.5 Å². The van der Waals surface area contributed by atoms with E-state index in [1.54, 1.807) is 6.92 Å². The summed E-state index contributed by atoms with van der Waals surface area (Å²) in [5.41, 5.74) is 1.61. The highest BCUT2D eigenvalue weighted by molar-refractivity contribution is 5.96. The number of fused-ring (bicyclic) bond motifs is 1. The number of methoxy groups -OCH3 is 2. The summed E-state index contributed by atoms with van der Waals surface area (Å²) in [4.78, 5) is 36.6. The molecule has 2 unspecified atom stereocenters. The second-order valence-corrected chi connectivity index (χ2v) is 5.79. The maximum Gasteiger partial charge on any atom is 0.320 e. The first kappa shape index (κ1) is 18.8. The number of carbonyl (C=O) groups excluding carboxylic acids is 3. The second kappa shape index (κ2) is 8.50. The molecule has 1 aliphatic heterocycles. The van der Waals surface area contributed by atoms with Crippen LogP contribution in [0.2, 0.25) is 0 Å². The molecular formula is C18H23NO6. The third kappa shape index (κ3) is 4.10. The molecule has 7 nitrogen and oxygen atoms in total. The van der Waals surface area contributed by atoms with Gasteiger partial charge >= 0.3 is 17.9 Å². The lowest BCUT2D eigenvalue weighted by atomic mass is 9.72. The number of hydrogen-bond donors (Lipinski definition) is 1. The minimum atomic E-state index is -1.14. The zero-order chi connectivity index (χ0) is 18.4. The Morgan fingerprint density at radius 3 is 2.40 bits per heavy atom. The maximum atomic E-state index is 12.3. The largest absolute Gasteiger partial charge is 0.468 e. The molecule has 0 radical (unpaired) electrons. The van der Waals surface area contributed by atoms with Crippen LogP contribution >= 0.6 is 0 Å². The first-order valence-corrected chi connectivity index (χ1v) is 8.17. The van der Waals surface area contributed by atoms with E-state index in [4.69, 9.17) is 14.2 Å². The Morgan fingerprint density at radius 2 is 1.80 bits per heavy atom. The Hall–Kier alpha value is -2.57. The van der Waals surface area contributed by atoms with Crippen LogP contribution < -0.4 is 5.32 Å². The third-order valence-electron chi connectivity index (χ3n) is 4.39. The predicted octanol–water partition coefficient (Wildman–Crippen LogP) is 1.73. The molecule has 2 atom stereocenters. The highest BCUT2D eigenvalue weighted by Gasteiger charge is 2.45. The van der Waals surface area contributed by atoms with Gasteiger partial charge in [-0.25, -0.2) is 0 Å². The van der Waals surface area contributed by atoms with Gasteiger partial charge in [0.15, 0.2) is 5.92 Å². The number of rotatable bonds is 6. The number of anilines is 1. The van der Waals surface area contributed by atoms with Gasteiger partial charge in [0.2, 0.25) is 0 Å². The zero-order valence-electron chi connectivity index (χ0n) is 14.6. The van der Waals surface area contributed by atoms with Crippen molar-refractivity contribution >= 4 is 23.6 Å². The van der Waals surface area contributed by atoms with E-state index in [1.807, 2.05) is 24.3 Å². The van der Waals surface area contributed by atoms with E-state index in [9.17, 15) is 14.4 Å². The molecule has 2 rings (SSSR count). The van der Waals surface area contributed by atoms with Gasteiger partial charge in [-0.15, -0.1) is 0 Å². The van der Waals surface area contributed by atoms with Crippen molar-refractivity contribution in [1.29, 1.82) is 0 Å². The Bertz CT molecular complexity index is 628. The second-order valence-electron chi connectivity index (χ2n) is 5.79. The smallest absolute Gasteiger partial charge is 0.320 e. The van der Waals surface area contributed by atoms with Crippen molar-refractivity contribution in [1.82, 2.24) is 0 Å². The lowest BCUT2D eigenvalue weighted by molar-refractivity contribution is -0.161. The van der Waals surface area contributed by atoms with E-state index < -0.39 is 23.8 Å². The third-order valence-corrected chi connectivity index (χ3v) is 4.39. The van der Waals surface area contributed by atoms with Crippen LogP contribution in [0.4, 0.5) is 5.69 Å². The van der Waals surface area contributed by atoms with Gasteiger partial charge in [0.25, 0.3) is 0 Å². The minimum Gasteiger partial charge on any atom is -0.468 e. The molecule has 1 aliphatic rings. The highest BCUT2D eigenvalue weighted by atomic mass is 16.5. The molecule has 136 valence electrons. The van der Waals surface area contributed by atoms with Gasteiger partial charge in [0.05, 0.1) is 27.2 Å². The van der Waals surface area contributed by atoms with E-state index in [0.29, 0.717) is 6.54 Å². The molecule has 0 amide bonds. The summed E-state index contributed by atoms with van der Waals surface area (Å²) in [6.07, 6.45) is 0.0876. The summed E-state index contributed by atoms with van der Waals surface area (Å²) in [5.74, 6) is -3.71. The molecule has 0 bridgehead atoms. The van der Waals surface area contributed by atoms with Crippen molar-refractivity contribution in [3.05, 3.63) is 29.8 Å². The Kier molecular flexibility index (Phi) is 6.38. The summed E-state index contributed by atoms with van der Waals surface area (Å²) in [6, 6.07) is 7.39. The predicted molar refractivity (Wildman–Crippen MR) is 89.9 cm³/mol. The van der Waals surface area contributed by atoms with Gasteiger partial charge in [0, 0.05) is 18.2 Å². The van der Waals surface area contributed by atoms with E-state index in [1.165, 1.54) is 14.2 Å². The van der Waals surface area contributed by atoms with E-state index >= 15 is 0 Å². The van der Waals surface area contributed by atoms with Crippen LogP contribution in [-0.4, -0.2) is 45.3 Å². The van der Waals surface area contributed by atoms with Crippen LogP contribution in [0.3, 0.4) is 0 Å². The van der Waals surface area contributed by atoms with Crippen LogP contribution in [0, 0.1) is 11.8 Å². The summed E-state index contributed by atoms with van der Waals surface area (Å²) < 4.78 is 14.7. The fraction of sp³-hybridized carbons (Fsp3) is 0.500. The Labute approximate surface area is 146 Å². The van der Waals surface area contributed by atoms with Crippen molar-refractivity contribution in [2.75, 3.05) is 32.7 Å². The zero-order valence-corrected chi connectivity index (χ0v) is 14.6. The van der Waals surface area contributed by atoms with Crippen molar-refractivity contribution in [2.24, 2.45) is 11.8 Å². The topological polar surface area (TPSA) is 90.9 Å². The van der Waals surface area contributed by atoms with Crippen molar-refractivity contribution < 1.29 is 28.6 Å². The van der Waals surface area contributed by atoms with Gasteiger partial charge in [-0.3, -0.25) is 14.4 Å². The fourth-order valence-corrected chi connectivity index (χ4v) is 3.30. The first-order valence-electron chi connectivity index (χ1n) is 8.17. The number of para-hydroxylation sites is 1. The summed E-state index contributed by atoms with van der Waals surface area (Å²) in [6.45, 7) is 2.44. The molecule has 0 aliphatic carbocycles. The van der Waals surface area contributed by atoms with E-state index in [2.05, 4.69) is 5.32 Å². The summed E-state index contributed by atoms with van der Waals surface area (Å²) >= 11 is 0. The number of benzene rings is 1. The molecule has 0 saturated heterocycles. The minimum absolute atomic E-state index is 0.0876. The summed E-state index contributed by atoms with van der Waals surface area (Å²) in [7, 11) is 2.46. The van der Waals surface area contributed by atoms with Gasteiger partial charge in [-0.2, -0.15) is 0 Å². The fourth-order valence-electron chi connectivity index (χ4n) is 3.30. The van der Waals surface area contributed by atoms with Gasteiger partial charge in [-0.05, 0) is 24.5 Å². The monoisotopic (exact) mass is 349 g/mol. The molecule has 7 heteroatoms. The van der Waals surface area contributed by atoms with Crippen molar-refractivity contribution in [3.8, 4) is 0 Å². The molecule has 1 aromatic rings. The van der Waals surface area contributed by atoms with Gasteiger partial charge in [0.1, 0.15) is 0 Å². The molecular weight excluding hydrogens is 326 g/mol. The SMILES string of the molecule is CCOC(=O)CC1CNc2ccccc2C1C(C(=O)OC)C(=O)OC. The highest BCUT2D eigenvalue weighted by Crippen LogP contribution is 2.42. The molecule has 1 aromatic carbocycles. The molecule has 0 saturated carbocycles. The maximum absolute atomic E-state index is 12.3. The average Bonchev–Trinajstić information content (AvgIpc) is 2.63. The number of carbonyl (C=O) groups is 3. The molecule has 1 N–H and O–H groups in total. The van der Waals surface area contributed by atoms with Crippen LogP contribution in [0.15, 0.2) is 24.3 Å². The van der Waals surface area contributed by atoms with Crippen molar-refractivity contribution in [3.63, 3.8) is 0 Å². The Balaban J connectivity index is 2.44. The number of ether oxygens (including phenoxy) is 3. The first-order chi connectivity index (χ1) is 12.0. The molecule has 0 fully saturated rings. The molecule has 1 heterocycles. The molecule has 25 heavy (non-hydrogen) atoms. The normalized spacial score (nSPS) is 18.7. The molecule has 0 spiro atoms. The number of esters is 3.